The van der Waals surface area contributed by atoms with Gasteiger partial charge in [0.1, 0.15) is 11.5 Å². The van der Waals surface area contributed by atoms with Crippen LogP contribution in [0.4, 0.5) is 5.69 Å². The van der Waals surface area contributed by atoms with Crippen molar-refractivity contribution in [2.45, 2.75) is 32.1 Å². The zero-order valence-corrected chi connectivity index (χ0v) is 17.6. The first kappa shape index (κ1) is 21.6. The van der Waals surface area contributed by atoms with E-state index >= 15 is 0 Å². The van der Waals surface area contributed by atoms with E-state index in [2.05, 4.69) is 10.3 Å². The number of amides is 2. The van der Waals surface area contributed by atoms with Gasteiger partial charge in [0.15, 0.2) is 0 Å². The van der Waals surface area contributed by atoms with Crippen LogP contribution in [0, 0.1) is 5.92 Å². The molecule has 1 aliphatic heterocycles. The van der Waals surface area contributed by atoms with Crippen LogP contribution in [0.3, 0.4) is 0 Å². The Balaban J connectivity index is 1.48. The molecule has 1 N–H and O–H groups in total. The van der Waals surface area contributed by atoms with E-state index in [1.54, 1.807) is 44.8 Å². The highest BCUT2D eigenvalue weighted by molar-refractivity contribution is 5.91. The lowest BCUT2D eigenvalue weighted by Gasteiger charge is -2.33. The molecule has 0 saturated carbocycles. The summed E-state index contributed by atoms with van der Waals surface area (Å²) in [5.41, 5.74) is 1.57. The summed E-state index contributed by atoms with van der Waals surface area (Å²) in [5.74, 6) is 1.66. The normalized spacial score (nSPS) is 16.1. The van der Waals surface area contributed by atoms with E-state index in [4.69, 9.17) is 9.47 Å². The maximum Gasteiger partial charge on any atom is 0.227 e. The number of anilines is 1. The van der Waals surface area contributed by atoms with Crippen LogP contribution >= 0.6 is 0 Å². The molecule has 2 amide bonds. The van der Waals surface area contributed by atoms with E-state index in [1.165, 1.54) is 0 Å². The van der Waals surface area contributed by atoms with Gasteiger partial charge in [-0.2, -0.15) is 0 Å². The van der Waals surface area contributed by atoms with Crippen LogP contribution in [-0.2, 0) is 16.0 Å². The molecule has 1 saturated heterocycles. The fraction of sp³-hybridized carbons (Fsp3) is 0.435. The Kier molecular flexibility index (Phi) is 7.65. The van der Waals surface area contributed by atoms with E-state index in [9.17, 15) is 9.59 Å². The highest BCUT2D eigenvalue weighted by atomic mass is 16.5. The lowest BCUT2D eigenvalue weighted by Crippen LogP contribution is -2.40. The minimum absolute atomic E-state index is 0.0517. The van der Waals surface area contributed by atoms with Gasteiger partial charge in [-0.25, -0.2) is 0 Å². The topological polar surface area (TPSA) is 80.8 Å². The third kappa shape index (κ3) is 6.20. The SMILES string of the molecule is COc1cc(NC(=O)CC[C@@H]2CCCN(C(=O)Cc3cccnc3)C2)cc(OC)c1. The van der Waals surface area contributed by atoms with Crippen molar-refractivity contribution in [2.75, 3.05) is 32.6 Å². The molecular weight excluding hydrogens is 382 g/mol. The summed E-state index contributed by atoms with van der Waals surface area (Å²) in [6, 6.07) is 9.05. The lowest BCUT2D eigenvalue weighted by molar-refractivity contribution is -0.132. The van der Waals surface area contributed by atoms with Crippen molar-refractivity contribution in [1.29, 1.82) is 0 Å². The van der Waals surface area contributed by atoms with Gasteiger partial charge in [-0.15, -0.1) is 0 Å². The Bertz CT molecular complexity index is 835. The molecule has 1 aromatic carbocycles. The first-order chi connectivity index (χ1) is 14.6. The Morgan fingerprint density at radius 3 is 2.63 bits per heavy atom. The van der Waals surface area contributed by atoms with Gasteiger partial charge in [-0.1, -0.05) is 6.07 Å². The summed E-state index contributed by atoms with van der Waals surface area (Å²) < 4.78 is 10.5. The second kappa shape index (κ2) is 10.6. The summed E-state index contributed by atoms with van der Waals surface area (Å²) in [7, 11) is 3.15. The van der Waals surface area contributed by atoms with E-state index in [-0.39, 0.29) is 11.8 Å². The van der Waals surface area contributed by atoms with Crippen molar-refractivity contribution in [3.05, 3.63) is 48.3 Å². The van der Waals surface area contributed by atoms with Crippen LogP contribution in [-0.4, -0.2) is 49.0 Å². The monoisotopic (exact) mass is 411 g/mol. The van der Waals surface area contributed by atoms with Gasteiger partial charge in [0.2, 0.25) is 11.8 Å². The fourth-order valence-corrected chi connectivity index (χ4v) is 3.75. The van der Waals surface area contributed by atoms with Crippen LogP contribution < -0.4 is 14.8 Å². The number of nitrogens with zero attached hydrogens (tertiary/aromatic N) is 2. The number of aromatic nitrogens is 1. The molecule has 3 rings (SSSR count). The maximum atomic E-state index is 12.6. The quantitative estimate of drug-likeness (QED) is 0.721. The standard InChI is InChI=1S/C23H29N3O4/c1-29-20-12-19(13-21(14-20)30-2)25-22(27)8-7-17-6-4-10-26(16-17)23(28)11-18-5-3-9-24-15-18/h3,5,9,12-15,17H,4,6-8,10-11,16H2,1-2H3,(H,25,27)/t17-/m0/s1. The number of hydrogen-bond acceptors (Lipinski definition) is 5. The zero-order chi connectivity index (χ0) is 21.3. The first-order valence-electron chi connectivity index (χ1n) is 10.3. The molecule has 2 aromatic rings. The molecule has 0 bridgehead atoms. The van der Waals surface area contributed by atoms with Gasteiger partial charge in [0, 0.05) is 55.8 Å². The third-order valence-electron chi connectivity index (χ3n) is 5.36. The predicted octanol–water partition coefficient (Wildman–Crippen LogP) is 3.30. The molecule has 0 unspecified atom stereocenters. The Labute approximate surface area is 177 Å². The number of ether oxygens (including phenoxy) is 2. The highest BCUT2D eigenvalue weighted by Crippen LogP contribution is 2.26. The van der Waals surface area contributed by atoms with Crippen LogP contribution in [0.25, 0.3) is 0 Å². The van der Waals surface area contributed by atoms with Crippen LogP contribution in [0.2, 0.25) is 0 Å². The van der Waals surface area contributed by atoms with Gasteiger partial charge in [-0.05, 0) is 36.8 Å². The van der Waals surface area contributed by atoms with Gasteiger partial charge in [-0.3, -0.25) is 14.6 Å². The molecule has 1 aromatic heterocycles. The van der Waals surface area contributed by atoms with Gasteiger partial charge < -0.3 is 19.7 Å². The average molecular weight is 412 g/mol. The van der Waals surface area contributed by atoms with Crippen LogP contribution in [0.5, 0.6) is 11.5 Å². The summed E-state index contributed by atoms with van der Waals surface area (Å²) in [6.45, 7) is 1.49. The second-order valence-electron chi connectivity index (χ2n) is 7.57. The minimum atomic E-state index is -0.0517. The van der Waals surface area contributed by atoms with Crippen molar-refractivity contribution >= 4 is 17.5 Å². The molecule has 1 aliphatic rings. The number of rotatable bonds is 8. The maximum absolute atomic E-state index is 12.6. The molecule has 160 valence electrons. The number of hydrogen-bond donors (Lipinski definition) is 1. The molecule has 0 radical (unpaired) electrons. The molecule has 30 heavy (non-hydrogen) atoms. The van der Waals surface area contributed by atoms with Gasteiger partial charge in [0.05, 0.1) is 20.6 Å². The Hall–Kier alpha value is -3.09. The van der Waals surface area contributed by atoms with Crippen molar-refractivity contribution in [1.82, 2.24) is 9.88 Å². The minimum Gasteiger partial charge on any atom is -0.497 e. The fourth-order valence-electron chi connectivity index (χ4n) is 3.75. The average Bonchev–Trinajstić information content (AvgIpc) is 2.78. The zero-order valence-electron chi connectivity index (χ0n) is 17.6. The number of likely N-dealkylation sites (tertiary alicyclic amines) is 1. The molecule has 7 heteroatoms. The number of benzene rings is 1. The summed E-state index contributed by atoms with van der Waals surface area (Å²) in [4.78, 5) is 31.0. The lowest BCUT2D eigenvalue weighted by atomic mass is 9.93. The van der Waals surface area contributed by atoms with Crippen LogP contribution in [0.15, 0.2) is 42.7 Å². The number of methoxy groups -OCH3 is 2. The second-order valence-corrected chi connectivity index (χ2v) is 7.57. The number of carbonyl (C=O) groups excluding carboxylic acids is 2. The third-order valence-corrected chi connectivity index (χ3v) is 5.36. The largest absolute Gasteiger partial charge is 0.497 e. The van der Waals surface area contributed by atoms with Crippen molar-refractivity contribution in [2.24, 2.45) is 5.92 Å². The summed E-state index contributed by atoms with van der Waals surface area (Å²) >= 11 is 0. The van der Waals surface area contributed by atoms with Gasteiger partial charge in [0.25, 0.3) is 0 Å². The Morgan fingerprint density at radius 1 is 1.20 bits per heavy atom. The van der Waals surface area contributed by atoms with Crippen molar-refractivity contribution < 1.29 is 19.1 Å². The number of nitrogens with one attached hydrogen (secondary N) is 1. The summed E-state index contributed by atoms with van der Waals surface area (Å²) in [6.07, 6.45) is 6.99. The van der Waals surface area contributed by atoms with Gasteiger partial charge >= 0.3 is 0 Å². The van der Waals surface area contributed by atoms with Crippen molar-refractivity contribution in [3.63, 3.8) is 0 Å². The molecule has 0 spiro atoms. The molecule has 7 nitrogen and oxygen atoms in total. The smallest absolute Gasteiger partial charge is 0.227 e. The Morgan fingerprint density at radius 2 is 1.97 bits per heavy atom. The molecule has 0 aliphatic carbocycles. The van der Waals surface area contributed by atoms with E-state index < -0.39 is 0 Å². The number of piperidine rings is 1. The molecule has 2 heterocycles. The molecular formula is C23H29N3O4. The van der Waals surface area contributed by atoms with E-state index in [1.807, 2.05) is 17.0 Å². The van der Waals surface area contributed by atoms with Crippen molar-refractivity contribution in [3.8, 4) is 11.5 Å². The van der Waals surface area contributed by atoms with E-state index in [0.29, 0.717) is 42.5 Å². The van der Waals surface area contributed by atoms with Crippen LogP contribution in [0.1, 0.15) is 31.2 Å². The number of carbonyl (C=O) groups is 2. The summed E-state index contributed by atoms with van der Waals surface area (Å²) in [5, 5.41) is 2.91. The predicted molar refractivity (Wildman–Crippen MR) is 115 cm³/mol. The molecule has 1 fully saturated rings. The number of pyridine rings is 1. The highest BCUT2D eigenvalue weighted by Gasteiger charge is 2.24. The van der Waals surface area contributed by atoms with E-state index in [0.717, 1.165) is 31.4 Å². The molecule has 1 atom stereocenters. The first-order valence-corrected chi connectivity index (χ1v) is 10.3.